The van der Waals surface area contributed by atoms with Crippen molar-refractivity contribution in [3.05, 3.63) is 58.6 Å². The van der Waals surface area contributed by atoms with Gasteiger partial charge in [0.2, 0.25) is 0 Å². The molecule has 9 nitrogen and oxygen atoms in total. The van der Waals surface area contributed by atoms with Gasteiger partial charge in [0.15, 0.2) is 5.13 Å². The summed E-state index contributed by atoms with van der Waals surface area (Å²) in [6.45, 7) is 1.86. The molecule has 0 spiro atoms. The first-order valence-electron chi connectivity index (χ1n) is 12.3. The Balaban J connectivity index is 1.22. The van der Waals surface area contributed by atoms with E-state index in [2.05, 4.69) is 32.2 Å². The summed E-state index contributed by atoms with van der Waals surface area (Å²) in [5, 5.41) is 13.5. The third-order valence-corrected chi connectivity index (χ3v) is 8.23. The first kappa shape index (κ1) is 23.1. The van der Waals surface area contributed by atoms with Gasteiger partial charge in [0, 0.05) is 47.6 Å². The number of aliphatic hydroxyl groups excluding tert-OH is 1. The first-order chi connectivity index (χ1) is 17.4. The summed E-state index contributed by atoms with van der Waals surface area (Å²) in [5.74, 6) is 1.48. The Bertz CT molecular complexity index is 1420. The summed E-state index contributed by atoms with van der Waals surface area (Å²) in [6.07, 6.45) is 7.82. The second kappa shape index (κ2) is 9.27. The molecule has 1 aliphatic carbocycles. The van der Waals surface area contributed by atoms with E-state index in [1.807, 2.05) is 22.7 Å². The SMILES string of the molecule is CN1CCc2nc(NC(=O)c3ccc(-c4cn5c(cnc5[C@H]5CC[C@H](O)CC5)c(N)n4)cc3)sc2C1. The van der Waals surface area contributed by atoms with Crippen LogP contribution < -0.4 is 11.1 Å². The van der Waals surface area contributed by atoms with Gasteiger partial charge >= 0.3 is 0 Å². The molecule has 1 amide bonds. The minimum Gasteiger partial charge on any atom is -0.393 e. The highest BCUT2D eigenvalue weighted by atomic mass is 32.1. The lowest BCUT2D eigenvalue weighted by Gasteiger charge is -2.24. The molecule has 1 fully saturated rings. The van der Waals surface area contributed by atoms with Crippen molar-refractivity contribution in [3.8, 4) is 11.3 Å². The molecule has 0 atom stereocenters. The van der Waals surface area contributed by atoms with Crippen LogP contribution in [0.5, 0.6) is 0 Å². The number of carbonyl (C=O) groups excluding carboxylic acids is 1. The largest absolute Gasteiger partial charge is 0.393 e. The van der Waals surface area contributed by atoms with Crippen LogP contribution in [-0.2, 0) is 13.0 Å². The Hall–Kier alpha value is -3.34. The number of hydrogen-bond donors (Lipinski definition) is 3. The van der Waals surface area contributed by atoms with E-state index in [-0.39, 0.29) is 17.9 Å². The zero-order valence-electron chi connectivity index (χ0n) is 20.1. The van der Waals surface area contributed by atoms with E-state index in [1.165, 1.54) is 4.88 Å². The summed E-state index contributed by atoms with van der Waals surface area (Å²) in [5.41, 5.74) is 10.3. The van der Waals surface area contributed by atoms with E-state index in [1.54, 1.807) is 29.7 Å². The van der Waals surface area contributed by atoms with Crippen LogP contribution in [0.4, 0.5) is 10.9 Å². The van der Waals surface area contributed by atoms with Gasteiger partial charge in [0.25, 0.3) is 5.91 Å². The standard InChI is InChI=1S/C26H29N7O2S/c1-32-11-10-19-22(14-32)36-26(30-19)31-25(35)17-4-2-15(3-5-17)20-13-33-21(23(27)29-20)12-28-24(33)16-6-8-18(34)9-7-16/h2-5,12-13,16,18,34H,6-11,14H2,1H3,(H2,27,29)(H,30,31,35)/t16-,18-. The minimum atomic E-state index is -0.215. The normalized spacial score (nSPS) is 20.4. The van der Waals surface area contributed by atoms with Crippen molar-refractivity contribution in [3.63, 3.8) is 0 Å². The third-order valence-electron chi connectivity index (χ3n) is 7.23. The number of nitrogen functional groups attached to an aromatic ring is 1. The smallest absolute Gasteiger partial charge is 0.257 e. The molecular formula is C26H29N7O2S. The molecule has 10 heteroatoms. The average molecular weight is 504 g/mol. The number of rotatable bonds is 4. The van der Waals surface area contributed by atoms with Crippen LogP contribution in [0.1, 0.15) is 58.4 Å². The Morgan fingerprint density at radius 3 is 2.72 bits per heavy atom. The van der Waals surface area contributed by atoms with Gasteiger partial charge in [-0.3, -0.25) is 14.5 Å². The van der Waals surface area contributed by atoms with Crippen LogP contribution in [0.2, 0.25) is 0 Å². The predicted molar refractivity (Wildman–Crippen MR) is 140 cm³/mol. The van der Waals surface area contributed by atoms with Crippen molar-refractivity contribution in [2.24, 2.45) is 0 Å². The highest BCUT2D eigenvalue weighted by molar-refractivity contribution is 7.15. The fourth-order valence-corrected chi connectivity index (χ4v) is 6.24. The summed E-state index contributed by atoms with van der Waals surface area (Å²) in [4.78, 5) is 30.2. The number of carbonyl (C=O) groups is 1. The van der Waals surface area contributed by atoms with Gasteiger partial charge in [-0.1, -0.05) is 12.1 Å². The van der Waals surface area contributed by atoms with Gasteiger partial charge < -0.3 is 15.7 Å². The lowest BCUT2D eigenvalue weighted by Crippen LogP contribution is -2.25. The van der Waals surface area contributed by atoms with Crippen molar-refractivity contribution < 1.29 is 9.90 Å². The molecule has 0 unspecified atom stereocenters. The van der Waals surface area contributed by atoms with E-state index < -0.39 is 0 Å². The number of thiazole rings is 1. The molecule has 2 aliphatic rings. The predicted octanol–water partition coefficient (Wildman–Crippen LogP) is 3.69. The molecule has 1 aromatic carbocycles. The Kier molecular flexibility index (Phi) is 5.94. The zero-order valence-corrected chi connectivity index (χ0v) is 21.0. The van der Waals surface area contributed by atoms with Crippen molar-refractivity contribution in [2.45, 2.75) is 50.7 Å². The highest BCUT2D eigenvalue weighted by Crippen LogP contribution is 2.34. The number of nitrogens with zero attached hydrogens (tertiary/aromatic N) is 5. The van der Waals surface area contributed by atoms with E-state index in [0.717, 1.165) is 73.5 Å². The second-order valence-electron chi connectivity index (χ2n) is 9.80. The van der Waals surface area contributed by atoms with Crippen molar-refractivity contribution in [1.29, 1.82) is 0 Å². The van der Waals surface area contributed by atoms with Gasteiger partial charge in [-0.05, 0) is 44.9 Å². The molecule has 3 aromatic heterocycles. The van der Waals surface area contributed by atoms with Crippen molar-refractivity contribution in [1.82, 2.24) is 24.3 Å². The van der Waals surface area contributed by atoms with Gasteiger partial charge in [-0.25, -0.2) is 15.0 Å². The number of imidazole rings is 1. The molecular weight excluding hydrogens is 474 g/mol. The van der Waals surface area contributed by atoms with Gasteiger partial charge in [0.05, 0.1) is 23.7 Å². The summed E-state index contributed by atoms with van der Waals surface area (Å²) in [6, 6.07) is 7.37. The van der Waals surface area contributed by atoms with Crippen LogP contribution in [0.25, 0.3) is 16.8 Å². The van der Waals surface area contributed by atoms with E-state index in [9.17, 15) is 9.90 Å². The van der Waals surface area contributed by atoms with E-state index >= 15 is 0 Å². The molecule has 0 bridgehead atoms. The van der Waals surface area contributed by atoms with E-state index in [0.29, 0.717) is 16.5 Å². The Morgan fingerprint density at radius 1 is 1.17 bits per heavy atom. The molecule has 0 saturated heterocycles. The highest BCUT2D eigenvalue weighted by Gasteiger charge is 2.25. The number of fused-ring (bicyclic) bond motifs is 2. The van der Waals surface area contributed by atoms with Crippen LogP contribution in [0.3, 0.4) is 0 Å². The van der Waals surface area contributed by atoms with Crippen LogP contribution in [0.15, 0.2) is 36.7 Å². The van der Waals surface area contributed by atoms with Gasteiger partial charge in [-0.15, -0.1) is 11.3 Å². The maximum absolute atomic E-state index is 12.9. The molecule has 36 heavy (non-hydrogen) atoms. The molecule has 0 radical (unpaired) electrons. The number of amides is 1. The van der Waals surface area contributed by atoms with Crippen molar-refractivity contribution >= 4 is 33.7 Å². The van der Waals surface area contributed by atoms with Gasteiger partial charge in [-0.2, -0.15) is 0 Å². The van der Waals surface area contributed by atoms with Crippen LogP contribution >= 0.6 is 11.3 Å². The molecule has 4 heterocycles. The number of hydrogen-bond acceptors (Lipinski definition) is 8. The molecule has 4 aromatic rings. The fraction of sp³-hybridized carbons (Fsp3) is 0.385. The van der Waals surface area contributed by atoms with Crippen molar-refractivity contribution in [2.75, 3.05) is 24.6 Å². The Labute approximate surface area is 213 Å². The minimum absolute atomic E-state index is 0.180. The number of nitrogens with two attached hydrogens (primary N) is 1. The topological polar surface area (TPSA) is 122 Å². The number of aliphatic hydroxyl groups is 1. The number of benzene rings is 1. The van der Waals surface area contributed by atoms with E-state index in [4.69, 9.17) is 5.73 Å². The summed E-state index contributed by atoms with van der Waals surface area (Å²) in [7, 11) is 2.09. The molecule has 186 valence electrons. The summed E-state index contributed by atoms with van der Waals surface area (Å²) < 4.78 is 2.03. The maximum atomic E-state index is 12.9. The Morgan fingerprint density at radius 2 is 1.94 bits per heavy atom. The molecule has 4 N–H and O–H groups in total. The monoisotopic (exact) mass is 503 g/mol. The second-order valence-corrected chi connectivity index (χ2v) is 10.9. The third kappa shape index (κ3) is 4.36. The molecule has 6 rings (SSSR count). The fourth-order valence-electron chi connectivity index (χ4n) is 5.15. The van der Waals surface area contributed by atoms with Crippen LogP contribution in [0, 0.1) is 0 Å². The molecule has 1 aliphatic heterocycles. The first-order valence-corrected chi connectivity index (χ1v) is 13.2. The number of likely N-dealkylation sites (N-methyl/N-ethyl adjacent to an activating group) is 1. The number of nitrogens with one attached hydrogen (secondary N) is 1. The quantitative estimate of drug-likeness (QED) is 0.388. The lowest BCUT2D eigenvalue weighted by atomic mass is 9.87. The maximum Gasteiger partial charge on any atom is 0.257 e. The lowest BCUT2D eigenvalue weighted by molar-refractivity contribution is 0.102. The molecule has 1 saturated carbocycles. The summed E-state index contributed by atoms with van der Waals surface area (Å²) >= 11 is 1.55. The van der Waals surface area contributed by atoms with Gasteiger partial charge in [0.1, 0.15) is 17.2 Å². The van der Waals surface area contributed by atoms with Crippen LogP contribution in [-0.4, -0.2) is 55.0 Å². The number of aromatic nitrogens is 4. The zero-order chi connectivity index (χ0) is 24.8. The average Bonchev–Trinajstić information content (AvgIpc) is 3.48. The number of anilines is 2.